The fourth-order valence-electron chi connectivity index (χ4n) is 2.19. The molecule has 2 aromatic carbocycles. The fourth-order valence-corrected chi connectivity index (χ4v) is 2.19. The second kappa shape index (κ2) is 8.47. The minimum absolute atomic E-state index is 0.272. The van der Waals surface area contributed by atoms with E-state index in [1.165, 1.54) is 0 Å². The van der Waals surface area contributed by atoms with E-state index in [0.29, 0.717) is 12.0 Å². The molecular formula is C18H19N3O3. The number of primary amides is 1. The molecule has 3 amide bonds. The maximum atomic E-state index is 12.3. The standard InChI is InChI=1S/C18H19N3O3/c19-16(22)12-20-18(24)15(11-13-7-3-1-4-8-13)21-17(23)14-9-5-2-6-10-14/h1-10,15H,11-12H2,(H2,19,22)(H,20,24)(H,21,23)/t15-/m1/s1. The number of hydrogen-bond acceptors (Lipinski definition) is 3. The molecule has 0 saturated heterocycles. The first kappa shape index (κ1) is 17.2. The third-order valence-corrected chi connectivity index (χ3v) is 3.38. The van der Waals surface area contributed by atoms with Crippen LogP contribution in [-0.4, -0.2) is 30.3 Å². The van der Waals surface area contributed by atoms with Crippen LogP contribution in [0.25, 0.3) is 0 Å². The molecule has 6 nitrogen and oxygen atoms in total. The number of hydrogen-bond donors (Lipinski definition) is 3. The van der Waals surface area contributed by atoms with E-state index >= 15 is 0 Å². The minimum atomic E-state index is -0.806. The van der Waals surface area contributed by atoms with Crippen molar-refractivity contribution in [3.05, 3.63) is 71.8 Å². The molecule has 0 radical (unpaired) electrons. The van der Waals surface area contributed by atoms with Crippen LogP contribution < -0.4 is 16.4 Å². The maximum absolute atomic E-state index is 12.3. The van der Waals surface area contributed by atoms with E-state index in [0.717, 1.165) is 5.56 Å². The van der Waals surface area contributed by atoms with Gasteiger partial charge in [-0.15, -0.1) is 0 Å². The lowest BCUT2D eigenvalue weighted by Crippen LogP contribution is -2.49. The van der Waals surface area contributed by atoms with Crippen molar-refractivity contribution in [3.63, 3.8) is 0 Å². The van der Waals surface area contributed by atoms with Gasteiger partial charge >= 0.3 is 0 Å². The maximum Gasteiger partial charge on any atom is 0.251 e. The van der Waals surface area contributed by atoms with Crippen LogP contribution in [0.3, 0.4) is 0 Å². The largest absolute Gasteiger partial charge is 0.368 e. The molecule has 6 heteroatoms. The molecule has 0 bridgehead atoms. The van der Waals surface area contributed by atoms with Crippen LogP contribution in [0, 0.1) is 0 Å². The Hall–Kier alpha value is -3.15. The summed E-state index contributed by atoms with van der Waals surface area (Å²) in [4.78, 5) is 35.4. The molecule has 2 rings (SSSR count). The van der Waals surface area contributed by atoms with Gasteiger partial charge in [0.1, 0.15) is 6.04 Å². The van der Waals surface area contributed by atoms with Gasteiger partial charge in [0.2, 0.25) is 11.8 Å². The van der Waals surface area contributed by atoms with Gasteiger partial charge < -0.3 is 16.4 Å². The molecule has 4 N–H and O–H groups in total. The van der Waals surface area contributed by atoms with Gasteiger partial charge in [0.05, 0.1) is 6.54 Å². The van der Waals surface area contributed by atoms with Gasteiger partial charge in [-0.1, -0.05) is 48.5 Å². The Labute approximate surface area is 140 Å². The van der Waals surface area contributed by atoms with Crippen LogP contribution in [0.4, 0.5) is 0 Å². The summed E-state index contributed by atoms with van der Waals surface area (Å²) < 4.78 is 0. The highest BCUT2D eigenvalue weighted by Crippen LogP contribution is 2.05. The van der Waals surface area contributed by atoms with Crippen molar-refractivity contribution in [3.8, 4) is 0 Å². The highest BCUT2D eigenvalue weighted by Gasteiger charge is 2.22. The Morgan fingerprint density at radius 1 is 0.917 bits per heavy atom. The topological polar surface area (TPSA) is 101 Å². The summed E-state index contributed by atoms with van der Waals surface area (Å²) in [5.41, 5.74) is 6.40. The lowest BCUT2D eigenvalue weighted by Gasteiger charge is -2.18. The number of amides is 3. The summed E-state index contributed by atoms with van der Waals surface area (Å²) >= 11 is 0. The van der Waals surface area contributed by atoms with Crippen molar-refractivity contribution in [1.82, 2.24) is 10.6 Å². The Morgan fingerprint density at radius 2 is 1.50 bits per heavy atom. The van der Waals surface area contributed by atoms with Crippen molar-refractivity contribution in [2.24, 2.45) is 5.73 Å². The monoisotopic (exact) mass is 325 g/mol. The predicted octanol–water partition coefficient (Wildman–Crippen LogP) is 0.629. The van der Waals surface area contributed by atoms with Crippen LogP contribution in [0.15, 0.2) is 60.7 Å². The number of carbonyl (C=O) groups is 3. The highest BCUT2D eigenvalue weighted by molar-refractivity contribution is 5.98. The summed E-state index contributed by atoms with van der Waals surface area (Å²) in [6, 6.07) is 17.1. The second-order valence-electron chi connectivity index (χ2n) is 5.27. The van der Waals surface area contributed by atoms with Crippen molar-refractivity contribution in [2.45, 2.75) is 12.5 Å². The van der Waals surface area contributed by atoms with Gasteiger partial charge in [0.15, 0.2) is 0 Å². The molecule has 0 heterocycles. The number of nitrogens with two attached hydrogens (primary N) is 1. The summed E-state index contributed by atoms with van der Waals surface area (Å²) in [5.74, 6) is -1.45. The number of rotatable bonds is 7. The average Bonchev–Trinajstić information content (AvgIpc) is 2.60. The molecule has 1 atom stereocenters. The normalized spacial score (nSPS) is 11.3. The van der Waals surface area contributed by atoms with E-state index in [1.807, 2.05) is 30.3 Å². The molecule has 0 aliphatic carbocycles. The minimum Gasteiger partial charge on any atom is -0.368 e. The van der Waals surface area contributed by atoms with Crippen molar-refractivity contribution in [1.29, 1.82) is 0 Å². The number of carbonyl (C=O) groups excluding carboxylic acids is 3. The van der Waals surface area contributed by atoms with Crippen LogP contribution >= 0.6 is 0 Å². The molecule has 124 valence electrons. The quantitative estimate of drug-likeness (QED) is 0.696. The Kier molecular flexibility index (Phi) is 6.08. The first-order valence-electron chi connectivity index (χ1n) is 7.52. The van der Waals surface area contributed by atoms with Gasteiger partial charge in [-0.05, 0) is 17.7 Å². The van der Waals surface area contributed by atoms with Gasteiger partial charge in [-0.2, -0.15) is 0 Å². The van der Waals surface area contributed by atoms with E-state index in [-0.39, 0.29) is 12.5 Å². The van der Waals surface area contributed by atoms with Crippen molar-refractivity contribution >= 4 is 17.7 Å². The molecule has 0 unspecified atom stereocenters. The second-order valence-corrected chi connectivity index (χ2v) is 5.27. The van der Waals surface area contributed by atoms with Crippen LogP contribution in [0.5, 0.6) is 0 Å². The molecule has 0 saturated carbocycles. The van der Waals surface area contributed by atoms with Gasteiger partial charge in [0, 0.05) is 12.0 Å². The Balaban J connectivity index is 2.11. The molecule has 0 aliphatic heterocycles. The summed E-state index contributed by atoms with van der Waals surface area (Å²) in [7, 11) is 0. The number of nitrogens with one attached hydrogen (secondary N) is 2. The Bertz CT molecular complexity index is 702. The third-order valence-electron chi connectivity index (χ3n) is 3.38. The summed E-state index contributed by atoms with van der Waals surface area (Å²) in [6.07, 6.45) is 0.310. The molecule has 0 aliphatic rings. The van der Waals surface area contributed by atoms with E-state index in [9.17, 15) is 14.4 Å². The van der Waals surface area contributed by atoms with Crippen LogP contribution in [0.1, 0.15) is 15.9 Å². The smallest absolute Gasteiger partial charge is 0.251 e. The summed E-state index contributed by atoms with van der Waals surface area (Å²) in [5, 5.41) is 5.13. The predicted molar refractivity (Wildman–Crippen MR) is 90.0 cm³/mol. The molecule has 2 aromatic rings. The van der Waals surface area contributed by atoms with E-state index < -0.39 is 17.9 Å². The molecule has 0 spiro atoms. The summed E-state index contributed by atoms with van der Waals surface area (Å²) in [6.45, 7) is -0.272. The first-order chi connectivity index (χ1) is 11.6. The highest BCUT2D eigenvalue weighted by atomic mass is 16.2. The fraction of sp³-hybridized carbons (Fsp3) is 0.167. The molecule has 0 aromatic heterocycles. The lowest BCUT2D eigenvalue weighted by molar-refractivity contribution is -0.126. The average molecular weight is 325 g/mol. The van der Waals surface area contributed by atoms with E-state index in [4.69, 9.17) is 5.73 Å². The molecule has 24 heavy (non-hydrogen) atoms. The van der Waals surface area contributed by atoms with E-state index in [1.54, 1.807) is 30.3 Å². The first-order valence-corrected chi connectivity index (χ1v) is 7.52. The number of benzene rings is 2. The van der Waals surface area contributed by atoms with Gasteiger partial charge in [-0.25, -0.2) is 0 Å². The van der Waals surface area contributed by atoms with Crippen molar-refractivity contribution < 1.29 is 14.4 Å². The zero-order chi connectivity index (χ0) is 17.4. The Morgan fingerprint density at radius 3 is 2.08 bits per heavy atom. The molecular weight excluding hydrogens is 306 g/mol. The zero-order valence-corrected chi connectivity index (χ0v) is 13.1. The zero-order valence-electron chi connectivity index (χ0n) is 13.1. The van der Waals surface area contributed by atoms with Crippen LogP contribution in [0.2, 0.25) is 0 Å². The SMILES string of the molecule is NC(=O)CNC(=O)[C@@H](Cc1ccccc1)NC(=O)c1ccccc1. The van der Waals surface area contributed by atoms with Gasteiger partial charge in [-0.3, -0.25) is 14.4 Å². The van der Waals surface area contributed by atoms with E-state index in [2.05, 4.69) is 10.6 Å². The lowest BCUT2D eigenvalue weighted by atomic mass is 10.0. The van der Waals surface area contributed by atoms with Crippen molar-refractivity contribution in [2.75, 3.05) is 6.54 Å². The van der Waals surface area contributed by atoms with Crippen LogP contribution in [-0.2, 0) is 16.0 Å². The molecule has 0 fully saturated rings. The van der Waals surface area contributed by atoms with Gasteiger partial charge in [0.25, 0.3) is 5.91 Å². The third kappa shape index (κ3) is 5.24.